The number of carbonyl (C=O) groups excluding carboxylic acids is 1. The Labute approximate surface area is 161 Å². The number of anilines is 1. The van der Waals surface area contributed by atoms with Crippen LogP contribution in [0.4, 0.5) is 5.95 Å². The topological polar surface area (TPSA) is 72.7 Å². The average Bonchev–Trinajstić information content (AvgIpc) is 3.29. The van der Waals surface area contributed by atoms with E-state index in [9.17, 15) is 4.79 Å². The largest absolute Gasteiger partial charge is 0.328 e. The molecule has 0 spiro atoms. The predicted molar refractivity (Wildman–Crippen MR) is 104 cm³/mol. The average molecular weight is 377 g/mol. The number of pyridine rings is 1. The van der Waals surface area contributed by atoms with Gasteiger partial charge in [0, 0.05) is 30.1 Å². The predicted octanol–water partition coefficient (Wildman–Crippen LogP) is 4.06. The zero-order valence-corrected chi connectivity index (χ0v) is 16.0. The van der Waals surface area contributed by atoms with E-state index in [-0.39, 0.29) is 17.2 Å². The van der Waals surface area contributed by atoms with Crippen molar-refractivity contribution in [2.24, 2.45) is 5.41 Å². The third-order valence-corrected chi connectivity index (χ3v) is 5.96. The number of ketones is 1. The van der Waals surface area contributed by atoms with Crippen molar-refractivity contribution in [1.29, 1.82) is 0 Å². The first-order chi connectivity index (χ1) is 13.0. The Hall–Kier alpha value is -2.80. The first-order valence-electron chi connectivity index (χ1n) is 8.95. The second-order valence-electron chi connectivity index (χ2n) is 7.82. The van der Waals surface area contributed by atoms with Gasteiger partial charge in [0.2, 0.25) is 5.95 Å². The molecule has 1 N–H and O–H groups in total. The second kappa shape index (κ2) is 5.85. The lowest BCUT2D eigenvalue weighted by molar-refractivity contribution is -0.118. The zero-order valence-electron chi connectivity index (χ0n) is 15.1. The van der Waals surface area contributed by atoms with Gasteiger partial charge in [0.15, 0.2) is 11.6 Å². The molecule has 1 unspecified atom stereocenters. The normalized spacial score (nSPS) is 20.8. The zero-order chi connectivity index (χ0) is 18.6. The van der Waals surface area contributed by atoms with Gasteiger partial charge in [0.05, 0.1) is 4.88 Å². The Balaban J connectivity index is 1.70. The summed E-state index contributed by atoms with van der Waals surface area (Å²) in [6.45, 7) is 4.27. The van der Waals surface area contributed by atoms with Crippen molar-refractivity contribution in [3.8, 4) is 10.7 Å². The lowest BCUT2D eigenvalue weighted by Crippen LogP contribution is -2.36. The highest BCUT2D eigenvalue weighted by Crippen LogP contribution is 2.45. The number of carbonyl (C=O) groups is 1. The van der Waals surface area contributed by atoms with Crippen LogP contribution in [0.3, 0.4) is 0 Å². The summed E-state index contributed by atoms with van der Waals surface area (Å²) in [7, 11) is 0. The van der Waals surface area contributed by atoms with Crippen molar-refractivity contribution in [1.82, 2.24) is 19.7 Å². The van der Waals surface area contributed by atoms with E-state index >= 15 is 0 Å². The van der Waals surface area contributed by atoms with Gasteiger partial charge in [-0.3, -0.25) is 9.78 Å². The molecular formula is C20H19N5OS. The molecule has 3 aromatic heterocycles. The highest BCUT2D eigenvalue weighted by Gasteiger charge is 2.41. The molecule has 4 heterocycles. The standard InChI is InChI=1S/C20H19N5OS/c1-20(2)10-13-16(14(26)11-20)17(12-5-7-21-8-6-12)25-19(22-13)23-18(24-25)15-4-3-9-27-15/h3-9,17H,10-11H2,1-2H3,(H,22,23,24). The second-order valence-corrected chi connectivity index (χ2v) is 8.77. The van der Waals surface area contributed by atoms with E-state index in [1.165, 1.54) is 0 Å². The smallest absolute Gasteiger partial charge is 0.226 e. The maximum absolute atomic E-state index is 13.1. The van der Waals surface area contributed by atoms with Crippen molar-refractivity contribution >= 4 is 23.1 Å². The van der Waals surface area contributed by atoms with E-state index in [0.29, 0.717) is 18.2 Å². The molecule has 1 aliphatic carbocycles. The van der Waals surface area contributed by atoms with Crippen LogP contribution in [-0.4, -0.2) is 25.5 Å². The molecule has 0 bridgehead atoms. The molecule has 1 aliphatic heterocycles. The molecule has 27 heavy (non-hydrogen) atoms. The van der Waals surface area contributed by atoms with Crippen LogP contribution < -0.4 is 5.32 Å². The van der Waals surface area contributed by atoms with Gasteiger partial charge >= 0.3 is 0 Å². The number of nitrogens with one attached hydrogen (secondary N) is 1. The number of Topliss-reactive ketones (excluding diaryl/α,β-unsaturated/α-hetero) is 1. The van der Waals surface area contributed by atoms with Gasteiger partial charge in [-0.15, -0.1) is 16.4 Å². The van der Waals surface area contributed by atoms with Crippen molar-refractivity contribution in [2.45, 2.75) is 32.7 Å². The monoisotopic (exact) mass is 377 g/mol. The van der Waals surface area contributed by atoms with E-state index in [0.717, 1.165) is 28.1 Å². The summed E-state index contributed by atoms with van der Waals surface area (Å²) >= 11 is 1.61. The lowest BCUT2D eigenvalue weighted by atomic mass is 9.73. The number of allylic oxidation sites excluding steroid dienone is 2. The Morgan fingerprint density at radius 3 is 2.78 bits per heavy atom. The van der Waals surface area contributed by atoms with Gasteiger partial charge in [-0.2, -0.15) is 4.98 Å². The molecule has 6 nitrogen and oxygen atoms in total. The molecule has 1 atom stereocenters. The Morgan fingerprint density at radius 1 is 1.22 bits per heavy atom. The SMILES string of the molecule is CC1(C)CC(=O)C2=C(C1)Nc1nc(-c3cccs3)nn1C2c1ccncc1. The summed E-state index contributed by atoms with van der Waals surface area (Å²) in [5, 5.41) is 10.2. The maximum atomic E-state index is 13.1. The summed E-state index contributed by atoms with van der Waals surface area (Å²) in [4.78, 5) is 23.0. The molecule has 5 rings (SSSR count). The molecule has 0 aromatic carbocycles. The van der Waals surface area contributed by atoms with Crippen LogP contribution >= 0.6 is 11.3 Å². The van der Waals surface area contributed by atoms with Crippen LogP contribution in [0, 0.1) is 5.41 Å². The molecule has 3 aromatic rings. The summed E-state index contributed by atoms with van der Waals surface area (Å²) in [5.41, 5.74) is 2.70. The van der Waals surface area contributed by atoms with E-state index in [1.54, 1.807) is 23.7 Å². The molecule has 2 aliphatic rings. The molecule has 136 valence electrons. The van der Waals surface area contributed by atoms with E-state index in [2.05, 4.69) is 24.1 Å². The van der Waals surface area contributed by atoms with Crippen molar-refractivity contribution in [3.05, 3.63) is 58.9 Å². The van der Waals surface area contributed by atoms with E-state index < -0.39 is 0 Å². The first-order valence-corrected chi connectivity index (χ1v) is 9.83. The molecular weight excluding hydrogens is 358 g/mol. The minimum absolute atomic E-state index is 0.0650. The van der Waals surface area contributed by atoms with E-state index in [4.69, 9.17) is 10.1 Å². The summed E-state index contributed by atoms with van der Waals surface area (Å²) in [6.07, 6.45) is 4.87. The molecule has 0 fully saturated rings. The Bertz CT molecular complexity index is 1050. The van der Waals surface area contributed by atoms with Crippen LogP contribution in [0.5, 0.6) is 0 Å². The highest BCUT2D eigenvalue weighted by molar-refractivity contribution is 7.13. The molecule has 0 saturated heterocycles. The fourth-order valence-corrected chi connectivity index (χ4v) is 4.63. The Morgan fingerprint density at radius 2 is 2.04 bits per heavy atom. The molecule has 0 radical (unpaired) electrons. The molecule has 0 amide bonds. The van der Waals surface area contributed by atoms with Gasteiger partial charge in [-0.1, -0.05) is 19.9 Å². The van der Waals surface area contributed by atoms with Crippen LogP contribution in [0.2, 0.25) is 0 Å². The van der Waals surface area contributed by atoms with E-state index in [1.807, 2.05) is 34.3 Å². The lowest BCUT2D eigenvalue weighted by Gasteiger charge is -2.38. The maximum Gasteiger partial charge on any atom is 0.226 e. The van der Waals surface area contributed by atoms with Crippen LogP contribution in [0.1, 0.15) is 38.3 Å². The number of rotatable bonds is 2. The van der Waals surface area contributed by atoms with Crippen LogP contribution in [0.25, 0.3) is 10.7 Å². The van der Waals surface area contributed by atoms with Gasteiger partial charge in [-0.05, 0) is 41.0 Å². The van der Waals surface area contributed by atoms with Crippen LogP contribution in [-0.2, 0) is 4.79 Å². The number of hydrogen-bond acceptors (Lipinski definition) is 6. The van der Waals surface area contributed by atoms with Gasteiger partial charge in [0.25, 0.3) is 0 Å². The molecule has 7 heteroatoms. The minimum atomic E-state index is -0.274. The third kappa shape index (κ3) is 2.70. The van der Waals surface area contributed by atoms with Crippen LogP contribution in [0.15, 0.2) is 53.3 Å². The molecule has 0 saturated carbocycles. The summed E-state index contributed by atoms with van der Waals surface area (Å²) < 4.78 is 1.85. The number of nitrogens with zero attached hydrogens (tertiary/aromatic N) is 4. The van der Waals surface area contributed by atoms with Crippen molar-refractivity contribution < 1.29 is 4.79 Å². The number of hydrogen-bond donors (Lipinski definition) is 1. The summed E-state index contributed by atoms with van der Waals surface area (Å²) in [6, 6.07) is 7.62. The quantitative estimate of drug-likeness (QED) is 0.729. The number of fused-ring (bicyclic) bond motifs is 1. The Kier molecular flexibility index (Phi) is 3.55. The number of aromatic nitrogens is 4. The fraction of sp³-hybridized carbons (Fsp3) is 0.300. The van der Waals surface area contributed by atoms with Crippen molar-refractivity contribution in [3.63, 3.8) is 0 Å². The van der Waals surface area contributed by atoms with Gasteiger partial charge < -0.3 is 5.32 Å². The number of thiophene rings is 1. The van der Waals surface area contributed by atoms with Gasteiger partial charge in [-0.25, -0.2) is 4.68 Å². The first kappa shape index (κ1) is 16.4. The van der Waals surface area contributed by atoms with Gasteiger partial charge in [0.1, 0.15) is 6.04 Å². The third-order valence-electron chi connectivity index (χ3n) is 5.10. The minimum Gasteiger partial charge on any atom is -0.328 e. The highest BCUT2D eigenvalue weighted by atomic mass is 32.1. The summed E-state index contributed by atoms with van der Waals surface area (Å²) in [5.74, 6) is 1.54. The fourth-order valence-electron chi connectivity index (χ4n) is 3.97. The van der Waals surface area contributed by atoms with Crippen molar-refractivity contribution in [2.75, 3.05) is 5.32 Å².